The first-order valence-electron chi connectivity index (χ1n) is 5.31. The minimum Gasteiger partial charge on any atom is -0.261 e. The van der Waals surface area contributed by atoms with Gasteiger partial charge in [0.2, 0.25) is 0 Å². The third-order valence-corrected chi connectivity index (χ3v) is 2.55. The van der Waals surface area contributed by atoms with Crippen LogP contribution in [0.15, 0.2) is 30.5 Å². The molecule has 1 aromatic heterocycles. The summed E-state index contributed by atoms with van der Waals surface area (Å²) in [7, 11) is 0. The van der Waals surface area contributed by atoms with Crippen molar-refractivity contribution in [2.75, 3.05) is 0 Å². The molecule has 0 fully saturated rings. The fourth-order valence-corrected chi connectivity index (χ4v) is 1.61. The third-order valence-electron chi connectivity index (χ3n) is 2.55. The Hall–Kier alpha value is -1.91. The lowest BCUT2D eigenvalue weighted by Gasteiger charge is -2.05. The zero-order valence-electron chi connectivity index (χ0n) is 9.26. The predicted molar refractivity (Wildman–Crippen MR) is 57.9 cm³/mol. The fraction of sp³-hybridized carbons (Fsp3) is 0.154. The molecule has 0 saturated heterocycles. The lowest BCUT2D eigenvalue weighted by molar-refractivity contribution is 0.403. The second-order valence-electron chi connectivity index (χ2n) is 3.78. The summed E-state index contributed by atoms with van der Waals surface area (Å²) in [5.74, 6) is -6.28. The second kappa shape index (κ2) is 5.16. The molecule has 0 atom stereocenters. The molecule has 18 heavy (non-hydrogen) atoms. The number of hydrogen-bond acceptors (Lipinski definition) is 1. The van der Waals surface area contributed by atoms with Crippen LogP contribution < -0.4 is 0 Å². The van der Waals surface area contributed by atoms with Crippen molar-refractivity contribution in [3.8, 4) is 0 Å². The number of rotatable bonds is 3. The fourth-order valence-electron chi connectivity index (χ4n) is 1.61. The van der Waals surface area contributed by atoms with E-state index < -0.39 is 23.3 Å². The van der Waals surface area contributed by atoms with Crippen LogP contribution in [0.5, 0.6) is 0 Å². The molecule has 0 unspecified atom stereocenters. The molecule has 0 aliphatic heterocycles. The van der Waals surface area contributed by atoms with Crippen LogP contribution in [0.3, 0.4) is 0 Å². The van der Waals surface area contributed by atoms with Crippen molar-refractivity contribution < 1.29 is 17.6 Å². The number of benzene rings is 1. The van der Waals surface area contributed by atoms with Gasteiger partial charge in [0, 0.05) is 11.9 Å². The van der Waals surface area contributed by atoms with Crippen molar-refractivity contribution in [3.63, 3.8) is 0 Å². The van der Waals surface area contributed by atoms with Gasteiger partial charge in [-0.1, -0.05) is 6.07 Å². The van der Waals surface area contributed by atoms with Gasteiger partial charge in [-0.25, -0.2) is 17.6 Å². The monoisotopic (exact) mass is 255 g/mol. The van der Waals surface area contributed by atoms with Crippen molar-refractivity contribution in [1.29, 1.82) is 0 Å². The minimum atomic E-state index is -1.78. The highest BCUT2D eigenvalue weighted by Crippen LogP contribution is 2.19. The van der Waals surface area contributed by atoms with Gasteiger partial charge in [0.1, 0.15) is 0 Å². The standard InChI is InChI=1S/C13H9F4N/c14-10-7-8(11(15)13(17)12(10)16)4-5-9-3-1-2-6-18-9/h1-3,6-7H,4-5H2. The number of hydrogen-bond donors (Lipinski definition) is 0. The summed E-state index contributed by atoms with van der Waals surface area (Å²) in [5, 5.41) is 0. The summed E-state index contributed by atoms with van der Waals surface area (Å²) in [4.78, 5) is 4.00. The SMILES string of the molecule is Fc1cc(CCc2ccccn2)c(F)c(F)c1F. The molecule has 94 valence electrons. The van der Waals surface area contributed by atoms with Gasteiger partial charge < -0.3 is 0 Å². The van der Waals surface area contributed by atoms with Crippen molar-refractivity contribution in [3.05, 3.63) is 65.0 Å². The summed E-state index contributed by atoms with van der Waals surface area (Å²) >= 11 is 0. The van der Waals surface area contributed by atoms with Crippen LogP contribution >= 0.6 is 0 Å². The molecule has 0 spiro atoms. The highest BCUT2D eigenvalue weighted by Gasteiger charge is 2.18. The Kier molecular flexibility index (Phi) is 3.60. The predicted octanol–water partition coefficient (Wildman–Crippen LogP) is 3.42. The van der Waals surface area contributed by atoms with E-state index in [0.29, 0.717) is 18.2 Å². The molecule has 0 aliphatic carbocycles. The Labute approximate surface area is 101 Å². The smallest absolute Gasteiger partial charge is 0.197 e. The van der Waals surface area contributed by atoms with E-state index in [1.54, 1.807) is 24.4 Å². The van der Waals surface area contributed by atoms with E-state index in [1.807, 2.05) is 0 Å². The first kappa shape index (κ1) is 12.5. The van der Waals surface area contributed by atoms with Gasteiger partial charge in [0.25, 0.3) is 0 Å². The molecule has 2 aromatic rings. The van der Waals surface area contributed by atoms with E-state index in [4.69, 9.17) is 0 Å². The first-order valence-corrected chi connectivity index (χ1v) is 5.31. The van der Waals surface area contributed by atoms with Crippen LogP contribution in [0.4, 0.5) is 17.6 Å². The second-order valence-corrected chi connectivity index (χ2v) is 3.78. The average molecular weight is 255 g/mol. The lowest BCUT2D eigenvalue weighted by Crippen LogP contribution is -2.03. The molecule has 0 bridgehead atoms. The van der Waals surface area contributed by atoms with Gasteiger partial charge in [0.15, 0.2) is 23.3 Å². The van der Waals surface area contributed by atoms with E-state index in [-0.39, 0.29) is 12.0 Å². The molecule has 0 amide bonds. The van der Waals surface area contributed by atoms with E-state index in [2.05, 4.69) is 4.98 Å². The zero-order chi connectivity index (χ0) is 13.1. The summed E-state index contributed by atoms with van der Waals surface area (Å²) < 4.78 is 52.0. The molecule has 0 radical (unpaired) electrons. The van der Waals surface area contributed by atoms with Crippen LogP contribution in [0, 0.1) is 23.3 Å². The number of aryl methyl sites for hydroxylation is 2. The molecule has 1 aromatic carbocycles. The van der Waals surface area contributed by atoms with Gasteiger partial charge >= 0.3 is 0 Å². The number of aromatic nitrogens is 1. The molecule has 2 rings (SSSR count). The summed E-state index contributed by atoms with van der Waals surface area (Å²) in [5.41, 5.74) is 0.471. The Bertz CT molecular complexity index is 555. The summed E-state index contributed by atoms with van der Waals surface area (Å²) in [6, 6.07) is 5.87. The average Bonchev–Trinajstić information content (AvgIpc) is 2.40. The molecular weight excluding hydrogens is 246 g/mol. The van der Waals surface area contributed by atoms with Gasteiger partial charge in [-0.3, -0.25) is 4.98 Å². The topological polar surface area (TPSA) is 12.9 Å². The van der Waals surface area contributed by atoms with Gasteiger partial charge in [-0.15, -0.1) is 0 Å². The van der Waals surface area contributed by atoms with Crippen molar-refractivity contribution in [2.45, 2.75) is 12.8 Å². The van der Waals surface area contributed by atoms with Crippen LogP contribution in [-0.2, 0) is 12.8 Å². The highest BCUT2D eigenvalue weighted by atomic mass is 19.2. The molecule has 0 N–H and O–H groups in total. The molecular formula is C13H9F4N. The number of nitrogens with zero attached hydrogens (tertiary/aromatic N) is 1. The van der Waals surface area contributed by atoms with Gasteiger partial charge in [-0.05, 0) is 36.6 Å². The number of pyridine rings is 1. The maximum absolute atomic E-state index is 13.3. The van der Waals surface area contributed by atoms with E-state index in [0.717, 1.165) is 0 Å². The Morgan fingerprint density at radius 1 is 0.889 bits per heavy atom. The van der Waals surface area contributed by atoms with Crippen LogP contribution in [0.25, 0.3) is 0 Å². The Morgan fingerprint density at radius 3 is 2.33 bits per heavy atom. The van der Waals surface area contributed by atoms with Crippen molar-refractivity contribution >= 4 is 0 Å². The maximum Gasteiger partial charge on any atom is 0.197 e. The largest absolute Gasteiger partial charge is 0.261 e. The first-order chi connectivity index (χ1) is 8.59. The molecule has 0 aliphatic rings. The van der Waals surface area contributed by atoms with Crippen LogP contribution in [0.2, 0.25) is 0 Å². The Balaban J connectivity index is 2.20. The zero-order valence-corrected chi connectivity index (χ0v) is 9.26. The summed E-state index contributed by atoms with van der Waals surface area (Å²) in [6.07, 6.45) is 1.94. The molecule has 5 heteroatoms. The third kappa shape index (κ3) is 2.50. The molecule has 0 saturated carbocycles. The normalized spacial score (nSPS) is 10.7. The summed E-state index contributed by atoms with van der Waals surface area (Å²) in [6.45, 7) is 0. The minimum absolute atomic E-state index is 0.0525. The van der Waals surface area contributed by atoms with Gasteiger partial charge in [0.05, 0.1) is 0 Å². The molecule has 1 nitrogen and oxygen atoms in total. The highest BCUT2D eigenvalue weighted by molar-refractivity contribution is 5.23. The van der Waals surface area contributed by atoms with E-state index in [9.17, 15) is 17.6 Å². The van der Waals surface area contributed by atoms with Crippen LogP contribution in [0.1, 0.15) is 11.3 Å². The molecule has 1 heterocycles. The van der Waals surface area contributed by atoms with Crippen molar-refractivity contribution in [1.82, 2.24) is 4.98 Å². The van der Waals surface area contributed by atoms with E-state index in [1.165, 1.54) is 0 Å². The quantitative estimate of drug-likeness (QED) is 0.465. The van der Waals surface area contributed by atoms with E-state index >= 15 is 0 Å². The maximum atomic E-state index is 13.3. The van der Waals surface area contributed by atoms with Crippen molar-refractivity contribution in [2.24, 2.45) is 0 Å². The lowest BCUT2D eigenvalue weighted by atomic mass is 10.1. The Morgan fingerprint density at radius 2 is 1.67 bits per heavy atom. The van der Waals surface area contributed by atoms with Crippen LogP contribution in [-0.4, -0.2) is 4.98 Å². The van der Waals surface area contributed by atoms with Gasteiger partial charge in [-0.2, -0.15) is 0 Å². The number of halogens is 4.